The Hall–Kier alpha value is -0.820. The van der Waals surface area contributed by atoms with E-state index in [1.165, 1.54) is 18.0 Å². The van der Waals surface area contributed by atoms with Crippen LogP contribution < -0.4 is 5.32 Å². The van der Waals surface area contributed by atoms with E-state index in [0.29, 0.717) is 5.75 Å². The topological polar surface area (TPSA) is 72.0 Å². The summed E-state index contributed by atoms with van der Waals surface area (Å²) < 4.78 is 22.5. The second-order valence-electron chi connectivity index (χ2n) is 6.08. The van der Waals surface area contributed by atoms with Crippen molar-refractivity contribution in [3.8, 4) is 0 Å². The number of aromatic nitrogens is 2. The molecule has 0 aromatic carbocycles. The third kappa shape index (κ3) is 5.82. The van der Waals surface area contributed by atoms with Crippen LogP contribution in [0.3, 0.4) is 0 Å². The lowest BCUT2D eigenvalue weighted by Gasteiger charge is -2.20. The summed E-state index contributed by atoms with van der Waals surface area (Å²) in [5.41, 5.74) is 0.827. The van der Waals surface area contributed by atoms with Crippen LogP contribution in [-0.2, 0) is 15.3 Å². The first-order valence-electron chi connectivity index (χ1n) is 6.98. The molecule has 1 aromatic rings. The highest BCUT2D eigenvalue weighted by atomic mass is 32.2. The first-order valence-corrected chi connectivity index (χ1v) is 10.0. The fourth-order valence-electron chi connectivity index (χ4n) is 1.60. The molecule has 0 aliphatic heterocycles. The summed E-state index contributed by atoms with van der Waals surface area (Å²) in [6.07, 6.45) is 1.26. The largest absolute Gasteiger partial charge is 0.370 e. The molecule has 120 valence electrons. The summed E-state index contributed by atoms with van der Waals surface area (Å²) in [5, 5.41) is 4.11. The van der Waals surface area contributed by atoms with Gasteiger partial charge in [0.05, 0.1) is 5.75 Å². The van der Waals surface area contributed by atoms with Gasteiger partial charge in [-0.05, 0) is 13.8 Å². The lowest BCUT2D eigenvalue weighted by atomic mass is 9.95. The molecule has 5 nitrogen and oxygen atoms in total. The van der Waals surface area contributed by atoms with Gasteiger partial charge in [0.1, 0.15) is 26.5 Å². The van der Waals surface area contributed by atoms with Gasteiger partial charge in [-0.25, -0.2) is 18.4 Å². The average molecular weight is 332 g/mol. The number of rotatable bonds is 6. The molecule has 0 amide bonds. The average Bonchev–Trinajstić information content (AvgIpc) is 2.31. The number of nitrogens with one attached hydrogen (secondary N) is 1. The van der Waals surface area contributed by atoms with Gasteiger partial charge in [-0.2, -0.15) is 0 Å². The Morgan fingerprint density at radius 3 is 2.33 bits per heavy atom. The third-order valence-electron chi connectivity index (χ3n) is 2.81. The first-order chi connectivity index (χ1) is 9.54. The van der Waals surface area contributed by atoms with E-state index in [1.807, 2.05) is 13.8 Å². The van der Waals surface area contributed by atoms with Crippen molar-refractivity contribution in [1.29, 1.82) is 0 Å². The molecule has 0 spiro atoms. The van der Waals surface area contributed by atoms with Gasteiger partial charge in [-0.3, -0.25) is 0 Å². The van der Waals surface area contributed by atoms with Crippen molar-refractivity contribution in [3.63, 3.8) is 0 Å². The molecule has 0 fully saturated rings. The van der Waals surface area contributed by atoms with Crippen LogP contribution in [0, 0.1) is 6.92 Å². The van der Waals surface area contributed by atoms with Gasteiger partial charge >= 0.3 is 0 Å². The zero-order valence-electron chi connectivity index (χ0n) is 13.6. The van der Waals surface area contributed by atoms with Crippen LogP contribution in [0.5, 0.6) is 0 Å². The summed E-state index contributed by atoms with van der Waals surface area (Å²) >= 11 is 1.47. The summed E-state index contributed by atoms with van der Waals surface area (Å²) in [5.74, 6) is 2.26. The van der Waals surface area contributed by atoms with Crippen LogP contribution >= 0.6 is 11.8 Å². The number of thioether (sulfide) groups is 1. The Kier molecular flexibility index (Phi) is 6.04. The molecule has 0 bridgehead atoms. The highest BCUT2D eigenvalue weighted by molar-refractivity contribution is 8.00. The smallest absolute Gasteiger partial charge is 0.148 e. The SMILES string of the molecule is CCNc1nc(C(C)(C)C)nc(SCCS(C)(=O)=O)c1C. The maximum atomic E-state index is 11.2. The van der Waals surface area contributed by atoms with Gasteiger partial charge in [-0.1, -0.05) is 20.8 Å². The van der Waals surface area contributed by atoms with Crippen LogP contribution in [0.15, 0.2) is 5.03 Å². The van der Waals surface area contributed by atoms with Crippen molar-refractivity contribution in [2.45, 2.75) is 45.1 Å². The van der Waals surface area contributed by atoms with Crippen LogP contribution in [0.1, 0.15) is 39.1 Å². The van der Waals surface area contributed by atoms with Crippen LogP contribution in [-0.4, -0.2) is 42.7 Å². The highest BCUT2D eigenvalue weighted by Gasteiger charge is 2.21. The molecule has 7 heteroatoms. The third-order valence-corrected chi connectivity index (χ3v) is 5.09. The van der Waals surface area contributed by atoms with Crippen LogP contribution in [0.25, 0.3) is 0 Å². The zero-order chi connectivity index (χ0) is 16.3. The Morgan fingerprint density at radius 2 is 1.86 bits per heavy atom. The van der Waals surface area contributed by atoms with Gasteiger partial charge in [0.25, 0.3) is 0 Å². The molecule has 0 atom stereocenters. The highest BCUT2D eigenvalue weighted by Crippen LogP contribution is 2.29. The van der Waals surface area contributed by atoms with Crippen molar-refractivity contribution >= 4 is 27.4 Å². The summed E-state index contributed by atoms with van der Waals surface area (Å²) in [7, 11) is -2.95. The van der Waals surface area contributed by atoms with Crippen molar-refractivity contribution in [2.24, 2.45) is 0 Å². The Balaban J connectivity index is 3.08. The van der Waals surface area contributed by atoms with Gasteiger partial charge < -0.3 is 5.32 Å². The minimum Gasteiger partial charge on any atom is -0.370 e. The fourth-order valence-corrected chi connectivity index (χ4v) is 3.80. The van der Waals surface area contributed by atoms with Crippen molar-refractivity contribution < 1.29 is 8.42 Å². The minimum absolute atomic E-state index is 0.149. The normalized spacial score (nSPS) is 12.5. The maximum Gasteiger partial charge on any atom is 0.148 e. The number of hydrogen-bond donors (Lipinski definition) is 1. The standard InChI is InChI=1S/C14H25N3O2S2/c1-7-15-11-10(2)12(20-8-9-21(6,18)19)17-13(16-11)14(3,4)5/h7-9H2,1-6H3,(H,15,16,17). The molecule has 0 radical (unpaired) electrons. The molecule has 0 saturated carbocycles. The molecule has 1 N–H and O–H groups in total. The predicted molar refractivity (Wildman–Crippen MR) is 90.1 cm³/mol. The molecule has 21 heavy (non-hydrogen) atoms. The molecule has 1 rings (SSSR count). The van der Waals surface area contributed by atoms with Crippen molar-refractivity contribution in [3.05, 3.63) is 11.4 Å². The van der Waals surface area contributed by atoms with E-state index in [4.69, 9.17) is 0 Å². The first kappa shape index (κ1) is 18.2. The van der Waals surface area contributed by atoms with E-state index in [2.05, 4.69) is 36.1 Å². The number of nitrogens with zero attached hydrogens (tertiary/aromatic N) is 2. The lowest BCUT2D eigenvalue weighted by molar-refractivity contribution is 0.538. The number of anilines is 1. The van der Waals surface area contributed by atoms with E-state index < -0.39 is 9.84 Å². The molecule has 0 saturated heterocycles. The fraction of sp³-hybridized carbons (Fsp3) is 0.714. The van der Waals surface area contributed by atoms with Crippen LogP contribution in [0.2, 0.25) is 0 Å². The Bertz CT molecular complexity index is 593. The quantitative estimate of drug-likeness (QED) is 0.638. The number of hydrogen-bond acceptors (Lipinski definition) is 6. The molecule has 0 aliphatic rings. The molecule has 1 aromatic heterocycles. The van der Waals surface area contributed by atoms with E-state index in [1.54, 1.807) is 0 Å². The molecule has 1 heterocycles. The summed E-state index contributed by atoms with van der Waals surface area (Å²) in [6, 6.07) is 0. The minimum atomic E-state index is -2.95. The number of sulfone groups is 1. The van der Waals surface area contributed by atoms with Crippen LogP contribution in [0.4, 0.5) is 5.82 Å². The predicted octanol–water partition coefficient (Wildman–Crippen LogP) is 2.65. The van der Waals surface area contributed by atoms with E-state index in [9.17, 15) is 8.42 Å². The lowest BCUT2D eigenvalue weighted by Crippen LogP contribution is -2.19. The Labute approximate surface area is 132 Å². The summed E-state index contributed by atoms with van der Waals surface area (Å²) in [4.78, 5) is 9.22. The van der Waals surface area contributed by atoms with Gasteiger partial charge in [-0.15, -0.1) is 11.8 Å². The second-order valence-corrected chi connectivity index (χ2v) is 9.43. The molecular weight excluding hydrogens is 306 g/mol. The molecule has 0 unspecified atom stereocenters. The van der Waals surface area contributed by atoms with Crippen molar-refractivity contribution in [2.75, 3.05) is 29.6 Å². The van der Waals surface area contributed by atoms with E-state index in [0.717, 1.165) is 28.8 Å². The Morgan fingerprint density at radius 1 is 1.24 bits per heavy atom. The second kappa shape index (κ2) is 6.96. The molecular formula is C14H25N3O2S2. The van der Waals surface area contributed by atoms with E-state index >= 15 is 0 Å². The monoisotopic (exact) mass is 331 g/mol. The molecule has 0 aliphatic carbocycles. The zero-order valence-corrected chi connectivity index (χ0v) is 15.3. The van der Waals surface area contributed by atoms with Gasteiger partial charge in [0.15, 0.2) is 0 Å². The van der Waals surface area contributed by atoms with E-state index in [-0.39, 0.29) is 11.2 Å². The summed E-state index contributed by atoms with van der Waals surface area (Å²) in [6.45, 7) is 11.0. The van der Waals surface area contributed by atoms with Gasteiger partial charge in [0.2, 0.25) is 0 Å². The maximum absolute atomic E-state index is 11.2. The van der Waals surface area contributed by atoms with Gasteiger partial charge in [0, 0.05) is 29.5 Å². The van der Waals surface area contributed by atoms with Crippen molar-refractivity contribution in [1.82, 2.24) is 9.97 Å².